The van der Waals surface area contributed by atoms with Crippen LogP contribution in [0, 0.1) is 17.2 Å². The van der Waals surface area contributed by atoms with Crippen molar-refractivity contribution in [3.63, 3.8) is 0 Å². The van der Waals surface area contributed by atoms with Crippen LogP contribution in [0.25, 0.3) is 0 Å². The van der Waals surface area contributed by atoms with Crippen LogP contribution in [-0.2, 0) is 25.1 Å². The molecule has 1 rings (SSSR count). The summed E-state index contributed by atoms with van der Waals surface area (Å²) in [5.74, 6) is -1.50. The molecule has 0 aliphatic carbocycles. The van der Waals surface area contributed by atoms with Gasteiger partial charge in [0.2, 0.25) is 0 Å². The molecule has 1 amide bonds. The first-order valence-corrected chi connectivity index (χ1v) is 9.69. The van der Waals surface area contributed by atoms with Gasteiger partial charge in [0.15, 0.2) is 16.4 Å². The van der Waals surface area contributed by atoms with Crippen LogP contribution >= 0.6 is 0 Å². The van der Waals surface area contributed by atoms with Crippen molar-refractivity contribution in [2.24, 2.45) is 5.92 Å². The van der Waals surface area contributed by atoms with Crippen molar-refractivity contribution in [1.29, 1.82) is 5.26 Å². The van der Waals surface area contributed by atoms with Gasteiger partial charge in [0, 0.05) is 6.26 Å². The molecule has 7 nitrogen and oxygen atoms in total. The van der Waals surface area contributed by atoms with Crippen LogP contribution in [0.4, 0.5) is 0 Å². The van der Waals surface area contributed by atoms with Gasteiger partial charge in [-0.15, -0.1) is 0 Å². The summed E-state index contributed by atoms with van der Waals surface area (Å²) in [4.78, 5) is 23.8. The van der Waals surface area contributed by atoms with Crippen molar-refractivity contribution in [1.82, 2.24) is 5.32 Å². The molecule has 0 saturated carbocycles. The summed E-state index contributed by atoms with van der Waals surface area (Å²) in [7, 11) is -3.15. The molecule has 0 aromatic heterocycles. The Kier molecular flexibility index (Phi) is 6.70. The lowest BCUT2D eigenvalue weighted by atomic mass is 9.90. The molecular formula is C17H22N2O5S. The van der Waals surface area contributed by atoms with Gasteiger partial charge >= 0.3 is 5.97 Å². The molecule has 0 aliphatic rings. The molecule has 0 bridgehead atoms. The van der Waals surface area contributed by atoms with Gasteiger partial charge in [0.1, 0.15) is 5.54 Å². The fourth-order valence-corrected chi connectivity index (χ4v) is 2.68. The molecule has 0 unspecified atom stereocenters. The Labute approximate surface area is 147 Å². The van der Waals surface area contributed by atoms with Crippen molar-refractivity contribution in [2.45, 2.75) is 32.1 Å². The molecule has 8 heteroatoms. The number of sulfone groups is 1. The molecule has 0 heterocycles. The number of carbonyl (C=O) groups excluding carboxylic acids is 2. The zero-order chi connectivity index (χ0) is 19.3. The highest BCUT2D eigenvalue weighted by molar-refractivity contribution is 7.89. The number of nitrogens with one attached hydrogen (secondary N) is 1. The predicted molar refractivity (Wildman–Crippen MR) is 92.3 cm³/mol. The van der Waals surface area contributed by atoms with Crippen molar-refractivity contribution >= 4 is 21.7 Å². The Hall–Kier alpha value is -2.40. The fourth-order valence-electron chi connectivity index (χ4n) is 1.88. The van der Waals surface area contributed by atoms with Gasteiger partial charge in [0.05, 0.1) is 17.4 Å². The fraction of sp³-hybridized carbons (Fsp3) is 0.471. The number of hydrogen-bond donors (Lipinski definition) is 1. The zero-order valence-corrected chi connectivity index (χ0v) is 15.5. The average molecular weight is 366 g/mol. The van der Waals surface area contributed by atoms with E-state index >= 15 is 0 Å². The maximum Gasteiger partial charge on any atom is 0.338 e. The van der Waals surface area contributed by atoms with Crippen molar-refractivity contribution in [3.05, 3.63) is 35.4 Å². The predicted octanol–water partition coefficient (Wildman–Crippen LogP) is 1.44. The minimum atomic E-state index is -3.15. The molecule has 1 aromatic rings. The highest BCUT2D eigenvalue weighted by atomic mass is 32.2. The lowest BCUT2D eigenvalue weighted by molar-refractivity contribution is -0.125. The van der Waals surface area contributed by atoms with Gasteiger partial charge < -0.3 is 10.1 Å². The number of ether oxygens (including phenoxy) is 1. The summed E-state index contributed by atoms with van der Waals surface area (Å²) in [6.07, 6.45) is 1.12. The van der Waals surface area contributed by atoms with Crippen LogP contribution < -0.4 is 5.32 Å². The van der Waals surface area contributed by atoms with Gasteiger partial charge in [-0.2, -0.15) is 5.26 Å². The first-order valence-electron chi connectivity index (χ1n) is 7.63. The molecule has 136 valence electrons. The molecular weight excluding hydrogens is 344 g/mol. The van der Waals surface area contributed by atoms with E-state index in [1.807, 2.05) is 6.07 Å². The second kappa shape index (κ2) is 8.12. The van der Waals surface area contributed by atoms with E-state index in [9.17, 15) is 18.0 Å². The third-order valence-electron chi connectivity index (χ3n) is 3.74. The Morgan fingerprint density at radius 1 is 1.28 bits per heavy atom. The van der Waals surface area contributed by atoms with E-state index in [0.29, 0.717) is 5.56 Å². The van der Waals surface area contributed by atoms with Gasteiger partial charge in [-0.3, -0.25) is 4.79 Å². The van der Waals surface area contributed by atoms with Crippen LogP contribution in [0.15, 0.2) is 24.3 Å². The molecule has 0 fully saturated rings. The van der Waals surface area contributed by atoms with Crippen molar-refractivity contribution < 1.29 is 22.7 Å². The number of nitrogens with zero attached hydrogens (tertiary/aromatic N) is 1. The maximum absolute atomic E-state index is 11.9. The van der Waals surface area contributed by atoms with Gasteiger partial charge in [-0.25, -0.2) is 13.2 Å². The number of carbonyl (C=O) groups is 2. The quantitative estimate of drug-likeness (QED) is 0.731. The maximum atomic E-state index is 11.9. The number of nitriles is 1. The number of benzene rings is 1. The summed E-state index contributed by atoms with van der Waals surface area (Å²) >= 11 is 0. The summed E-state index contributed by atoms with van der Waals surface area (Å²) in [5.41, 5.74) is -0.285. The SMILES string of the molecule is CC(C)[C@@](C)(C#N)NC(=O)COC(=O)c1ccc(CS(C)(=O)=O)cc1. The van der Waals surface area contributed by atoms with Crippen LogP contribution in [0.1, 0.15) is 36.7 Å². The first kappa shape index (κ1) is 20.6. The minimum absolute atomic E-state index is 0.112. The lowest BCUT2D eigenvalue weighted by Crippen LogP contribution is -2.50. The number of hydrogen-bond acceptors (Lipinski definition) is 6. The number of esters is 1. The van der Waals surface area contributed by atoms with E-state index in [-0.39, 0.29) is 17.2 Å². The molecule has 0 aliphatic heterocycles. The summed E-state index contributed by atoms with van der Waals surface area (Å²) in [6, 6.07) is 7.94. The minimum Gasteiger partial charge on any atom is -0.452 e. The molecule has 0 saturated heterocycles. The van der Waals surface area contributed by atoms with E-state index in [1.165, 1.54) is 24.3 Å². The molecule has 0 radical (unpaired) electrons. The Balaban J connectivity index is 2.62. The summed E-state index contributed by atoms with van der Waals surface area (Å²) in [6.45, 7) is 4.69. The van der Waals surface area contributed by atoms with Crippen molar-refractivity contribution in [3.8, 4) is 6.07 Å². The Bertz CT molecular complexity index is 778. The molecule has 1 aromatic carbocycles. The van der Waals surface area contributed by atoms with Crippen molar-refractivity contribution in [2.75, 3.05) is 12.9 Å². The van der Waals surface area contributed by atoms with Crippen LogP contribution in [0.2, 0.25) is 0 Å². The van der Waals surface area contributed by atoms with E-state index in [4.69, 9.17) is 10.00 Å². The van der Waals surface area contributed by atoms with E-state index in [0.717, 1.165) is 6.26 Å². The van der Waals surface area contributed by atoms with E-state index in [2.05, 4.69) is 5.32 Å². The topological polar surface area (TPSA) is 113 Å². The smallest absolute Gasteiger partial charge is 0.338 e. The second-order valence-electron chi connectivity index (χ2n) is 6.36. The average Bonchev–Trinajstić information content (AvgIpc) is 2.51. The molecule has 1 N–H and O–H groups in total. The Morgan fingerprint density at radius 2 is 1.84 bits per heavy atom. The highest BCUT2D eigenvalue weighted by Gasteiger charge is 2.30. The van der Waals surface area contributed by atoms with Gasteiger partial charge in [-0.05, 0) is 30.5 Å². The summed E-state index contributed by atoms with van der Waals surface area (Å²) in [5, 5.41) is 11.7. The summed E-state index contributed by atoms with van der Waals surface area (Å²) < 4.78 is 27.4. The molecule has 0 spiro atoms. The Morgan fingerprint density at radius 3 is 2.28 bits per heavy atom. The molecule has 25 heavy (non-hydrogen) atoms. The number of rotatable bonds is 7. The third-order valence-corrected chi connectivity index (χ3v) is 4.60. The largest absolute Gasteiger partial charge is 0.452 e. The standard InChI is InChI=1S/C17H22N2O5S/c1-12(2)17(3,11-18)19-15(20)9-24-16(21)14-7-5-13(6-8-14)10-25(4,22)23/h5-8,12H,9-10H2,1-4H3,(H,19,20)/t17-/m1/s1. The zero-order valence-electron chi connectivity index (χ0n) is 14.7. The normalized spacial score (nSPS) is 13.6. The van der Waals surface area contributed by atoms with E-state index in [1.54, 1.807) is 20.8 Å². The van der Waals surface area contributed by atoms with Crippen LogP contribution in [0.5, 0.6) is 0 Å². The monoisotopic (exact) mass is 366 g/mol. The van der Waals surface area contributed by atoms with Gasteiger partial charge in [0.25, 0.3) is 5.91 Å². The number of amides is 1. The van der Waals surface area contributed by atoms with E-state index < -0.39 is 33.9 Å². The highest BCUT2D eigenvalue weighted by Crippen LogP contribution is 2.15. The lowest BCUT2D eigenvalue weighted by Gasteiger charge is -2.27. The second-order valence-corrected chi connectivity index (χ2v) is 8.50. The van der Waals surface area contributed by atoms with Gasteiger partial charge in [-0.1, -0.05) is 26.0 Å². The van der Waals surface area contributed by atoms with Crippen LogP contribution in [0.3, 0.4) is 0 Å². The first-order chi connectivity index (χ1) is 11.5. The molecule has 1 atom stereocenters. The van der Waals surface area contributed by atoms with Crippen LogP contribution in [-0.4, -0.2) is 38.7 Å². The third kappa shape index (κ3) is 6.55.